The van der Waals surface area contributed by atoms with Gasteiger partial charge in [0.15, 0.2) is 5.78 Å². The van der Waals surface area contributed by atoms with E-state index in [4.69, 9.17) is 0 Å². The Morgan fingerprint density at radius 2 is 1.95 bits per heavy atom. The van der Waals surface area contributed by atoms with Gasteiger partial charge in [-0.25, -0.2) is 0 Å². The lowest BCUT2D eigenvalue weighted by atomic mass is 9.62. The molecule has 1 heterocycles. The third-order valence-corrected chi connectivity index (χ3v) is 4.15. The zero-order valence-corrected chi connectivity index (χ0v) is 11.4. The number of nitrogens with zero attached hydrogens (tertiary/aromatic N) is 1. The van der Waals surface area contributed by atoms with Gasteiger partial charge in [0.2, 0.25) is 5.91 Å². The molecule has 0 aromatic heterocycles. The Bertz CT molecular complexity index is 709. The summed E-state index contributed by atoms with van der Waals surface area (Å²) in [5.74, 6) is -0.352. The number of hydrogen-bond donors (Lipinski definition) is 1. The number of allylic oxidation sites excluding steroid dienone is 1. The van der Waals surface area contributed by atoms with Gasteiger partial charge < -0.3 is 5.32 Å². The van der Waals surface area contributed by atoms with Crippen molar-refractivity contribution in [2.45, 2.75) is 25.7 Å². The fourth-order valence-electron chi connectivity index (χ4n) is 3.24. The van der Waals surface area contributed by atoms with Crippen molar-refractivity contribution in [1.29, 1.82) is 5.26 Å². The zero-order chi connectivity index (χ0) is 14.5. The van der Waals surface area contributed by atoms with E-state index in [0.29, 0.717) is 6.42 Å². The average molecular weight is 266 g/mol. The third kappa shape index (κ3) is 1.47. The maximum absolute atomic E-state index is 12.5. The Balaban J connectivity index is 2.28. The summed E-state index contributed by atoms with van der Waals surface area (Å²) in [5.41, 5.74) is 0.0517. The lowest BCUT2D eigenvalue weighted by Crippen LogP contribution is -2.44. The van der Waals surface area contributed by atoms with E-state index in [2.05, 4.69) is 5.32 Å². The molecular formula is C16H14N2O2. The van der Waals surface area contributed by atoms with Crippen LogP contribution < -0.4 is 5.32 Å². The second-order valence-electron chi connectivity index (χ2n) is 6.03. The number of anilines is 1. The highest BCUT2D eigenvalue weighted by Gasteiger charge is 2.53. The molecular weight excluding hydrogens is 252 g/mol. The van der Waals surface area contributed by atoms with Gasteiger partial charge in [-0.05, 0) is 24.1 Å². The van der Waals surface area contributed by atoms with Crippen molar-refractivity contribution in [3.8, 4) is 6.07 Å². The van der Waals surface area contributed by atoms with Gasteiger partial charge in [-0.3, -0.25) is 9.59 Å². The molecule has 0 saturated heterocycles. The molecule has 2 aliphatic rings. The van der Waals surface area contributed by atoms with Crippen molar-refractivity contribution in [3.63, 3.8) is 0 Å². The summed E-state index contributed by atoms with van der Waals surface area (Å²) < 4.78 is 0. The van der Waals surface area contributed by atoms with E-state index in [1.54, 1.807) is 19.9 Å². The summed E-state index contributed by atoms with van der Waals surface area (Å²) in [6.07, 6.45) is 1.93. The van der Waals surface area contributed by atoms with E-state index in [0.717, 1.165) is 11.3 Å². The van der Waals surface area contributed by atoms with Crippen LogP contribution in [0.5, 0.6) is 0 Å². The van der Waals surface area contributed by atoms with Gasteiger partial charge in [0.25, 0.3) is 0 Å². The van der Waals surface area contributed by atoms with E-state index in [1.165, 1.54) is 0 Å². The van der Waals surface area contributed by atoms with Crippen molar-refractivity contribution in [1.82, 2.24) is 0 Å². The summed E-state index contributed by atoms with van der Waals surface area (Å²) in [6, 6.07) is 9.38. The minimum atomic E-state index is -0.904. The van der Waals surface area contributed by atoms with Crippen LogP contribution in [-0.4, -0.2) is 11.7 Å². The van der Waals surface area contributed by atoms with Crippen molar-refractivity contribution >= 4 is 17.4 Å². The van der Waals surface area contributed by atoms with Crippen LogP contribution in [0.3, 0.4) is 0 Å². The molecule has 1 aromatic carbocycles. The first kappa shape index (κ1) is 12.6. The van der Waals surface area contributed by atoms with Crippen LogP contribution in [0.2, 0.25) is 0 Å². The Morgan fingerprint density at radius 1 is 1.25 bits per heavy atom. The Kier molecular flexibility index (Phi) is 2.39. The number of hydrogen-bond acceptors (Lipinski definition) is 3. The number of ketones is 1. The van der Waals surface area contributed by atoms with E-state index in [1.807, 2.05) is 30.3 Å². The molecule has 20 heavy (non-hydrogen) atoms. The second-order valence-corrected chi connectivity index (χ2v) is 6.03. The normalized spacial score (nSPS) is 26.8. The standard InChI is InChI=1S/C16H14N2O2/c1-15(2)9-16(7-10(8-17)13(15)19)11-5-3-4-6-12(11)18-14(16)20/h3-7H,9H2,1-2H3,(H,18,20). The molecule has 4 nitrogen and oxygen atoms in total. The van der Waals surface area contributed by atoms with Crippen molar-refractivity contribution < 1.29 is 9.59 Å². The summed E-state index contributed by atoms with van der Waals surface area (Å²) in [7, 11) is 0. The Labute approximate surface area is 117 Å². The molecule has 1 N–H and O–H groups in total. The van der Waals surface area contributed by atoms with Crippen LogP contribution >= 0.6 is 0 Å². The summed E-state index contributed by atoms with van der Waals surface area (Å²) in [5, 5.41) is 12.1. The molecule has 0 saturated carbocycles. The summed E-state index contributed by atoms with van der Waals surface area (Å²) >= 11 is 0. The maximum atomic E-state index is 12.5. The molecule has 100 valence electrons. The minimum Gasteiger partial charge on any atom is -0.325 e. The monoisotopic (exact) mass is 266 g/mol. The molecule has 0 radical (unpaired) electrons. The number of rotatable bonds is 0. The fraction of sp³-hybridized carbons (Fsp3) is 0.312. The smallest absolute Gasteiger partial charge is 0.239 e. The highest BCUT2D eigenvalue weighted by atomic mass is 16.2. The number of nitriles is 1. The number of Topliss-reactive ketones (excluding diaryl/α,β-unsaturated/α-hetero) is 1. The molecule has 1 amide bonds. The molecule has 1 aliphatic carbocycles. The lowest BCUT2D eigenvalue weighted by molar-refractivity contribution is -0.127. The minimum absolute atomic E-state index is 0.0769. The molecule has 1 spiro atoms. The van der Waals surface area contributed by atoms with Crippen molar-refractivity contribution in [2.75, 3.05) is 5.32 Å². The van der Waals surface area contributed by atoms with Crippen LogP contribution in [0.1, 0.15) is 25.8 Å². The molecule has 1 aromatic rings. The first-order chi connectivity index (χ1) is 9.40. The highest BCUT2D eigenvalue weighted by molar-refractivity contribution is 6.13. The average Bonchev–Trinajstić information content (AvgIpc) is 2.67. The molecule has 1 unspecified atom stereocenters. The topological polar surface area (TPSA) is 70.0 Å². The Morgan fingerprint density at radius 3 is 2.65 bits per heavy atom. The second kappa shape index (κ2) is 3.80. The van der Waals surface area contributed by atoms with Gasteiger partial charge in [0.05, 0.1) is 11.0 Å². The molecule has 0 bridgehead atoms. The van der Waals surface area contributed by atoms with Crippen LogP contribution in [0.4, 0.5) is 5.69 Å². The molecule has 4 heteroatoms. The number of carbonyl (C=O) groups is 2. The number of carbonyl (C=O) groups excluding carboxylic acids is 2. The maximum Gasteiger partial charge on any atom is 0.239 e. The third-order valence-electron chi connectivity index (χ3n) is 4.15. The van der Waals surface area contributed by atoms with Crippen molar-refractivity contribution in [2.24, 2.45) is 5.41 Å². The fourth-order valence-corrected chi connectivity index (χ4v) is 3.24. The van der Waals surface area contributed by atoms with E-state index in [-0.39, 0.29) is 17.3 Å². The van der Waals surface area contributed by atoms with Crippen LogP contribution in [0.25, 0.3) is 0 Å². The summed E-state index contributed by atoms with van der Waals surface area (Å²) in [4.78, 5) is 24.7. The van der Waals surface area contributed by atoms with Crippen LogP contribution in [-0.2, 0) is 15.0 Å². The van der Waals surface area contributed by atoms with Gasteiger partial charge in [-0.15, -0.1) is 0 Å². The summed E-state index contributed by atoms with van der Waals surface area (Å²) in [6.45, 7) is 3.57. The molecule has 1 aliphatic heterocycles. The van der Waals surface area contributed by atoms with Crippen LogP contribution in [0.15, 0.2) is 35.9 Å². The number of benzene rings is 1. The quantitative estimate of drug-likeness (QED) is 0.783. The molecule has 3 rings (SSSR count). The SMILES string of the molecule is CC1(C)CC2(C=C(C#N)C1=O)C(=O)Nc1ccccc12. The van der Waals surface area contributed by atoms with Gasteiger partial charge in [-0.1, -0.05) is 32.0 Å². The first-order valence-corrected chi connectivity index (χ1v) is 6.49. The first-order valence-electron chi connectivity index (χ1n) is 6.49. The van der Waals surface area contributed by atoms with Crippen LogP contribution in [0, 0.1) is 16.7 Å². The Hall–Kier alpha value is -2.41. The predicted molar refractivity (Wildman–Crippen MR) is 73.9 cm³/mol. The predicted octanol–water partition coefficient (Wildman–Crippen LogP) is 2.33. The molecule has 0 fully saturated rings. The number of amides is 1. The van der Waals surface area contributed by atoms with Gasteiger partial charge >= 0.3 is 0 Å². The highest BCUT2D eigenvalue weighted by Crippen LogP contribution is 2.50. The van der Waals surface area contributed by atoms with Gasteiger partial charge in [0, 0.05) is 11.1 Å². The number of nitrogens with one attached hydrogen (secondary N) is 1. The van der Waals surface area contributed by atoms with Gasteiger partial charge in [-0.2, -0.15) is 5.26 Å². The van der Waals surface area contributed by atoms with Crippen molar-refractivity contribution in [3.05, 3.63) is 41.5 Å². The number of fused-ring (bicyclic) bond motifs is 2. The largest absolute Gasteiger partial charge is 0.325 e. The lowest BCUT2D eigenvalue weighted by Gasteiger charge is -2.37. The number of para-hydroxylation sites is 1. The van der Waals surface area contributed by atoms with Gasteiger partial charge in [0.1, 0.15) is 6.07 Å². The molecule has 1 atom stereocenters. The van der Waals surface area contributed by atoms with E-state index < -0.39 is 10.8 Å². The zero-order valence-electron chi connectivity index (χ0n) is 11.4. The van der Waals surface area contributed by atoms with E-state index >= 15 is 0 Å². The van der Waals surface area contributed by atoms with E-state index in [9.17, 15) is 14.9 Å².